The smallest absolute Gasteiger partial charge is 0.172 e. The topological polar surface area (TPSA) is 18.5 Å². The van der Waals surface area contributed by atoms with Gasteiger partial charge in [-0.2, -0.15) is 0 Å². The fraction of sp³-hybridized carbons (Fsp3) is 0.231. The minimum atomic E-state index is -0.427. The first-order chi connectivity index (χ1) is 13.8. The van der Waals surface area contributed by atoms with Crippen LogP contribution in [0.1, 0.15) is 17.5 Å². The third-order valence-electron chi connectivity index (χ3n) is 6.35. The van der Waals surface area contributed by atoms with Crippen LogP contribution in [-0.2, 0) is 22.3 Å². The maximum Gasteiger partial charge on any atom is 0.172 e. The summed E-state index contributed by atoms with van der Waals surface area (Å²) in [6.45, 7) is 1.41. The Morgan fingerprint density at radius 2 is 1.39 bits per heavy atom. The average molecular weight is 366 g/mol. The van der Waals surface area contributed by atoms with Gasteiger partial charge in [-0.25, -0.2) is 0 Å². The standard InChI is InChI=1S/C26H22O2/c1-3-9-21-19(6-1)16-20-7-2-4-10-22(20)25(21)23-11-5-8-18-12-13-26(17-24(18)23)27-14-15-28-26/h1-11,16H,12-15,17H2. The van der Waals surface area contributed by atoms with Crippen molar-refractivity contribution in [2.45, 2.75) is 25.0 Å². The van der Waals surface area contributed by atoms with Crippen molar-refractivity contribution in [1.82, 2.24) is 0 Å². The Kier molecular flexibility index (Phi) is 3.59. The largest absolute Gasteiger partial charge is 0.347 e. The molecular formula is C26H22O2. The van der Waals surface area contributed by atoms with Crippen molar-refractivity contribution in [1.29, 1.82) is 0 Å². The minimum Gasteiger partial charge on any atom is -0.347 e. The number of benzene rings is 4. The van der Waals surface area contributed by atoms with E-state index in [2.05, 4.69) is 72.8 Å². The van der Waals surface area contributed by atoms with Gasteiger partial charge in [0.25, 0.3) is 0 Å². The van der Waals surface area contributed by atoms with Gasteiger partial charge in [0.2, 0.25) is 0 Å². The highest BCUT2D eigenvalue weighted by molar-refractivity contribution is 6.13. The fourth-order valence-electron chi connectivity index (χ4n) is 5.04. The molecule has 1 heterocycles. The second-order valence-corrected chi connectivity index (χ2v) is 7.92. The molecule has 2 aliphatic rings. The van der Waals surface area contributed by atoms with Gasteiger partial charge in [0.1, 0.15) is 0 Å². The van der Waals surface area contributed by atoms with Gasteiger partial charge in [-0.15, -0.1) is 0 Å². The zero-order valence-corrected chi connectivity index (χ0v) is 15.8. The van der Waals surface area contributed by atoms with Crippen molar-refractivity contribution < 1.29 is 9.47 Å². The quantitative estimate of drug-likeness (QED) is 0.391. The summed E-state index contributed by atoms with van der Waals surface area (Å²) in [5, 5.41) is 5.19. The van der Waals surface area contributed by atoms with Crippen LogP contribution in [0.25, 0.3) is 32.7 Å². The van der Waals surface area contributed by atoms with Crippen LogP contribution in [0.2, 0.25) is 0 Å². The molecule has 6 rings (SSSR count). The van der Waals surface area contributed by atoms with Crippen molar-refractivity contribution in [3.05, 3.63) is 83.9 Å². The summed E-state index contributed by atoms with van der Waals surface area (Å²) in [6, 6.07) is 26.5. The van der Waals surface area contributed by atoms with Gasteiger partial charge in [0.15, 0.2) is 5.79 Å². The van der Waals surface area contributed by atoms with E-state index in [1.165, 1.54) is 43.8 Å². The summed E-state index contributed by atoms with van der Waals surface area (Å²) in [6.07, 6.45) is 2.78. The normalized spacial score (nSPS) is 18.0. The van der Waals surface area contributed by atoms with E-state index < -0.39 is 5.79 Å². The van der Waals surface area contributed by atoms with Gasteiger partial charge in [-0.1, -0.05) is 66.7 Å². The molecule has 28 heavy (non-hydrogen) atoms. The Balaban J connectivity index is 1.67. The predicted octanol–water partition coefficient (Wildman–Crippen LogP) is 5.89. The lowest BCUT2D eigenvalue weighted by atomic mass is 9.80. The van der Waals surface area contributed by atoms with E-state index in [1.807, 2.05) is 0 Å². The molecule has 0 saturated carbocycles. The molecule has 1 aliphatic heterocycles. The van der Waals surface area contributed by atoms with Crippen molar-refractivity contribution in [3.63, 3.8) is 0 Å². The number of hydrogen-bond acceptors (Lipinski definition) is 2. The molecule has 4 aromatic carbocycles. The van der Waals surface area contributed by atoms with Crippen LogP contribution < -0.4 is 0 Å². The van der Waals surface area contributed by atoms with E-state index in [-0.39, 0.29) is 0 Å². The highest BCUT2D eigenvalue weighted by atomic mass is 16.7. The minimum absolute atomic E-state index is 0.427. The first-order valence-corrected chi connectivity index (χ1v) is 10.1. The summed E-state index contributed by atoms with van der Waals surface area (Å²) in [5.41, 5.74) is 5.47. The van der Waals surface area contributed by atoms with Crippen LogP contribution in [0.15, 0.2) is 72.8 Å². The summed E-state index contributed by atoms with van der Waals surface area (Å²) >= 11 is 0. The number of fused-ring (bicyclic) bond motifs is 3. The zero-order chi connectivity index (χ0) is 18.6. The lowest BCUT2D eigenvalue weighted by molar-refractivity contribution is -0.163. The van der Waals surface area contributed by atoms with E-state index in [9.17, 15) is 0 Å². The maximum atomic E-state index is 6.08. The van der Waals surface area contributed by atoms with E-state index >= 15 is 0 Å². The number of aryl methyl sites for hydroxylation is 1. The van der Waals surface area contributed by atoms with Crippen LogP contribution in [0.3, 0.4) is 0 Å². The molecule has 0 bridgehead atoms. The number of rotatable bonds is 1. The maximum absolute atomic E-state index is 6.08. The molecule has 0 unspecified atom stereocenters. The molecule has 1 spiro atoms. The van der Waals surface area contributed by atoms with Gasteiger partial charge in [0, 0.05) is 12.8 Å². The van der Waals surface area contributed by atoms with Crippen LogP contribution in [0.5, 0.6) is 0 Å². The molecule has 1 fully saturated rings. The zero-order valence-electron chi connectivity index (χ0n) is 15.8. The molecule has 0 amide bonds. The van der Waals surface area contributed by atoms with E-state index in [0.29, 0.717) is 13.2 Å². The number of hydrogen-bond donors (Lipinski definition) is 0. The molecule has 0 N–H and O–H groups in total. The lowest BCUT2D eigenvalue weighted by Crippen LogP contribution is -2.37. The molecule has 0 aromatic heterocycles. The van der Waals surface area contributed by atoms with Crippen molar-refractivity contribution in [2.75, 3.05) is 13.2 Å². The third-order valence-corrected chi connectivity index (χ3v) is 6.35. The van der Waals surface area contributed by atoms with Gasteiger partial charge in [0.05, 0.1) is 13.2 Å². The molecule has 4 aromatic rings. The average Bonchev–Trinajstić information content (AvgIpc) is 3.19. The van der Waals surface area contributed by atoms with Crippen LogP contribution in [0, 0.1) is 0 Å². The fourth-order valence-corrected chi connectivity index (χ4v) is 5.04. The molecule has 2 nitrogen and oxygen atoms in total. The monoisotopic (exact) mass is 366 g/mol. The van der Waals surface area contributed by atoms with Crippen LogP contribution in [-0.4, -0.2) is 19.0 Å². The Bertz CT molecular complexity index is 1150. The predicted molar refractivity (Wildman–Crippen MR) is 114 cm³/mol. The van der Waals surface area contributed by atoms with Crippen molar-refractivity contribution >= 4 is 21.5 Å². The second-order valence-electron chi connectivity index (χ2n) is 7.92. The molecule has 0 atom stereocenters. The lowest BCUT2D eigenvalue weighted by Gasteiger charge is -2.34. The molecule has 138 valence electrons. The molecule has 0 radical (unpaired) electrons. The Labute approximate surface area is 164 Å². The van der Waals surface area contributed by atoms with Gasteiger partial charge >= 0.3 is 0 Å². The van der Waals surface area contributed by atoms with Gasteiger partial charge in [-0.05, 0) is 56.3 Å². The highest BCUT2D eigenvalue weighted by Gasteiger charge is 2.40. The van der Waals surface area contributed by atoms with E-state index in [0.717, 1.165) is 19.3 Å². The molecular weight excluding hydrogens is 344 g/mol. The molecule has 1 saturated heterocycles. The van der Waals surface area contributed by atoms with Crippen LogP contribution >= 0.6 is 0 Å². The third kappa shape index (κ3) is 2.42. The van der Waals surface area contributed by atoms with Crippen molar-refractivity contribution in [2.24, 2.45) is 0 Å². The first kappa shape index (κ1) is 16.3. The Hall–Kier alpha value is -2.68. The summed E-state index contributed by atoms with van der Waals surface area (Å²) in [5.74, 6) is -0.427. The van der Waals surface area contributed by atoms with Crippen LogP contribution in [0.4, 0.5) is 0 Å². The summed E-state index contributed by atoms with van der Waals surface area (Å²) in [7, 11) is 0. The molecule has 1 aliphatic carbocycles. The SMILES string of the molecule is c1cc2c(c(-c3c4ccccc4cc4ccccc34)c1)CC1(CC2)OCCO1. The van der Waals surface area contributed by atoms with Crippen molar-refractivity contribution in [3.8, 4) is 11.1 Å². The summed E-state index contributed by atoms with van der Waals surface area (Å²) < 4.78 is 12.2. The van der Waals surface area contributed by atoms with E-state index in [1.54, 1.807) is 0 Å². The first-order valence-electron chi connectivity index (χ1n) is 10.1. The second kappa shape index (κ2) is 6.16. The highest BCUT2D eigenvalue weighted by Crippen LogP contribution is 2.43. The van der Waals surface area contributed by atoms with Gasteiger partial charge < -0.3 is 9.47 Å². The number of ether oxygens (including phenoxy) is 2. The summed E-state index contributed by atoms with van der Waals surface area (Å²) in [4.78, 5) is 0. The van der Waals surface area contributed by atoms with Gasteiger partial charge in [-0.3, -0.25) is 0 Å². The molecule has 2 heteroatoms. The Morgan fingerprint density at radius 3 is 2.11 bits per heavy atom. The van der Waals surface area contributed by atoms with E-state index in [4.69, 9.17) is 9.47 Å². The Morgan fingerprint density at radius 1 is 0.714 bits per heavy atom.